The summed E-state index contributed by atoms with van der Waals surface area (Å²) < 4.78 is 0. The second-order valence-corrected chi connectivity index (χ2v) is 7.10. The van der Waals surface area contributed by atoms with Crippen LogP contribution in [0.2, 0.25) is 10.0 Å². The second kappa shape index (κ2) is 6.75. The van der Waals surface area contributed by atoms with Crippen LogP contribution in [0.25, 0.3) is 0 Å². The van der Waals surface area contributed by atoms with E-state index in [4.69, 9.17) is 23.2 Å². The molecule has 0 saturated carbocycles. The van der Waals surface area contributed by atoms with E-state index in [-0.39, 0.29) is 0 Å². The van der Waals surface area contributed by atoms with E-state index in [0.717, 1.165) is 49.1 Å². The molecule has 4 nitrogen and oxygen atoms in total. The van der Waals surface area contributed by atoms with Crippen LogP contribution in [-0.2, 0) is 6.54 Å². The Balaban J connectivity index is 1.77. The van der Waals surface area contributed by atoms with Crippen LogP contribution in [0.5, 0.6) is 0 Å². The average molecular weight is 341 g/mol. The summed E-state index contributed by atoms with van der Waals surface area (Å²) in [6.45, 7) is 6.92. The fourth-order valence-electron chi connectivity index (χ4n) is 3.05. The van der Waals surface area contributed by atoms with Gasteiger partial charge in [0.1, 0.15) is 5.84 Å². The standard InChI is InChI=1S/C16H22Cl2N4/c1-11-8-19-16(20-11)15-10-21(2)5-6-22(15)9-12-3-4-13(17)7-14(12)18/h3-4,7,11,15H,5-6,8-10H2,1-2H3,(H,19,20). The number of halogens is 2. The van der Waals surface area contributed by atoms with Gasteiger partial charge in [0.2, 0.25) is 0 Å². The van der Waals surface area contributed by atoms with E-state index in [1.165, 1.54) is 0 Å². The normalized spacial score (nSPS) is 26.8. The number of nitrogens with one attached hydrogen (secondary N) is 1. The highest BCUT2D eigenvalue weighted by molar-refractivity contribution is 6.35. The molecule has 0 bridgehead atoms. The van der Waals surface area contributed by atoms with Crippen molar-refractivity contribution in [1.82, 2.24) is 15.1 Å². The number of rotatable bonds is 3. The van der Waals surface area contributed by atoms with Crippen LogP contribution >= 0.6 is 23.2 Å². The number of piperazine rings is 1. The van der Waals surface area contributed by atoms with Crippen molar-refractivity contribution < 1.29 is 0 Å². The first-order chi connectivity index (χ1) is 10.5. The van der Waals surface area contributed by atoms with Gasteiger partial charge in [0, 0.05) is 42.3 Å². The molecular formula is C16H22Cl2N4. The van der Waals surface area contributed by atoms with Gasteiger partial charge in [0.15, 0.2) is 0 Å². The number of amidine groups is 1. The molecule has 0 radical (unpaired) electrons. The number of benzene rings is 1. The lowest BCUT2D eigenvalue weighted by atomic mass is 10.1. The summed E-state index contributed by atoms with van der Waals surface area (Å²) >= 11 is 12.3. The number of likely N-dealkylation sites (N-methyl/N-ethyl adjacent to an activating group) is 1. The number of hydrogen-bond acceptors (Lipinski definition) is 4. The quantitative estimate of drug-likeness (QED) is 0.917. The molecule has 2 atom stereocenters. The van der Waals surface area contributed by atoms with E-state index in [1.54, 1.807) is 0 Å². The van der Waals surface area contributed by atoms with Crippen LogP contribution in [-0.4, -0.2) is 60.9 Å². The Morgan fingerprint density at radius 3 is 2.82 bits per heavy atom. The Morgan fingerprint density at radius 2 is 2.14 bits per heavy atom. The third kappa shape index (κ3) is 3.57. The van der Waals surface area contributed by atoms with Gasteiger partial charge in [-0.1, -0.05) is 29.3 Å². The molecule has 0 aliphatic carbocycles. The molecule has 6 heteroatoms. The minimum absolute atomic E-state index is 0.301. The molecule has 1 aromatic carbocycles. The van der Waals surface area contributed by atoms with Crippen LogP contribution < -0.4 is 5.32 Å². The van der Waals surface area contributed by atoms with Crippen molar-refractivity contribution in [1.29, 1.82) is 0 Å². The Bertz CT molecular complexity index is 575. The third-order valence-corrected chi connectivity index (χ3v) is 4.92. The van der Waals surface area contributed by atoms with E-state index >= 15 is 0 Å². The number of aliphatic imine (C=N–C) groups is 1. The summed E-state index contributed by atoms with van der Waals surface area (Å²) in [5, 5.41) is 4.93. The highest BCUT2D eigenvalue weighted by Crippen LogP contribution is 2.24. The van der Waals surface area contributed by atoms with Gasteiger partial charge in [-0.05, 0) is 31.7 Å². The Hall–Kier alpha value is -0.810. The topological polar surface area (TPSA) is 30.9 Å². The van der Waals surface area contributed by atoms with E-state index in [0.29, 0.717) is 17.1 Å². The van der Waals surface area contributed by atoms with Gasteiger partial charge in [-0.3, -0.25) is 9.89 Å². The highest BCUT2D eigenvalue weighted by atomic mass is 35.5. The molecule has 120 valence electrons. The van der Waals surface area contributed by atoms with Gasteiger partial charge in [0.05, 0.1) is 12.6 Å². The second-order valence-electron chi connectivity index (χ2n) is 6.26. The Labute approximate surface area is 142 Å². The average Bonchev–Trinajstić information content (AvgIpc) is 2.90. The molecule has 0 amide bonds. The van der Waals surface area contributed by atoms with Crippen LogP contribution in [0.4, 0.5) is 0 Å². The molecule has 1 saturated heterocycles. The predicted octanol–water partition coefficient (Wildman–Crippen LogP) is 2.50. The SMILES string of the molecule is CC1CN=C(C2CN(C)CCN2Cc2ccc(Cl)cc2Cl)N1. The van der Waals surface area contributed by atoms with Gasteiger partial charge >= 0.3 is 0 Å². The van der Waals surface area contributed by atoms with Crippen molar-refractivity contribution in [2.24, 2.45) is 4.99 Å². The molecule has 0 spiro atoms. The lowest BCUT2D eigenvalue weighted by Gasteiger charge is -2.40. The van der Waals surface area contributed by atoms with E-state index in [9.17, 15) is 0 Å². The van der Waals surface area contributed by atoms with E-state index in [2.05, 4.69) is 34.1 Å². The van der Waals surface area contributed by atoms with Gasteiger partial charge in [-0.15, -0.1) is 0 Å². The highest BCUT2D eigenvalue weighted by Gasteiger charge is 2.32. The maximum absolute atomic E-state index is 6.34. The third-order valence-electron chi connectivity index (χ3n) is 4.33. The lowest BCUT2D eigenvalue weighted by molar-refractivity contribution is 0.117. The van der Waals surface area contributed by atoms with Crippen molar-refractivity contribution >= 4 is 29.0 Å². The summed E-state index contributed by atoms with van der Waals surface area (Å²) in [6, 6.07) is 6.48. The monoisotopic (exact) mass is 340 g/mol. The molecule has 2 heterocycles. The van der Waals surface area contributed by atoms with Crippen molar-refractivity contribution in [2.75, 3.05) is 33.2 Å². The number of hydrogen-bond donors (Lipinski definition) is 1. The van der Waals surface area contributed by atoms with Crippen molar-refractivity contribution in [3.63, 3.8) is 0 Å². The van der Waals surface area contributed by atoms with Gasteiger partial charge in [-0.2, -0.15) is 0 Å². The molecule has 1 fully saturated rings. The summed E-state index contributed by atoms with van der Waals surface area (Å²) in [6.07, 6.45) is 0. The minimum Gasteiger partial charge on any atom is -0.368 e. The molecule has 2 unspecified atom stereocenters. The fourth-order valence-corrected chi connectivity index (χ4v) is 3.52. The first-order valence-electron chi connectivity index (χ1n) is 7.70. The summed E-state index contributed by atoms with van der Waals surface area (Å²) in [7, 11) is 2.17. The molecule has 22 heavy (non-hydrogen) atoms. The van der Waals surface area contributed by atoms with Gasteiger partial charge < -0.3 is 10.2 Å². The van der Waals surface area contributed by atoms with Crippen LogP contribution in [0.15, 0.2) is 23.2 Å². The predicted molar refractivity (Wildman–Crippen MR) is 93.1 cm³/mol. The Morgan fingerprint density at radius 1 is 1.32 bits per heavy atom. The zero-order valence-corrected chi connectivity index (χ0v) is 14.5. The van der Waals surface area contributed by atoms with Crippen LogP contribution in [0, 0.1) is 0 Å². The summed E-state index contributed by atoms with van der Waals surface area (Å²) in [4.78, 5) is 9.50. The fraction of sp³-hybridized carbons (Fsp3) is 0.562. The zero-order chi connectivity index (χ0) is 15.7. The largest absolute Gasteiger partial charge is 0.368 e. The van der Waals surface area contributed by atoms with Crippen molar-refractivity contribution in [3.8, 4) is 0 Å². The van der Waals surface area contributed by atoms with Crippen LogP contribution in [0.1, 0.15) is 12.5 Å². The molecule has 2 aliphatic heterocycles. The summed E-state index contributed by atoms with van der Waals surface area (Å²) in [5.41, 5.74) is 1.12. The molecule has 3 rings (SSSR count). The first kappa shape index (κ1) is 16.1. The summed E-state index contributed by atoms with van der Waals surface area (Å²) in [5.74, 6) is 1.11. The molecular weight excluding hydrogens is 319 g/mol. The molecule has 1 aromatic rings. The molecule has 0 aromatic heterocycles. The van der Waals surface area contributed by atoms with E-state index in [1.807, 2.05) is 18.2 Å². The maximum Gasteiger partial charge on any atom is 0.115 e. The smallest absolute Gasteiger partial charge is 0.115 e. The van der Waals surface area contributed by atoms with Gasteiger partial charge in [-0.25, -0.2) is 0 Å². The van der Waals surface area contributed by atoms with Gasteiger partial charge in [0.25, 0.3) is 0 Å². The zero-order valence-electron chi connectivity index (χ0n) is 13.0. The first-order valence-corrected chi connectivity index (χ1v) is 8.46. The van der Waals surface area contributed by atoms with Crippen molar-refractivity contribution in [3.05, 3.63) is 33.8 Å². The lowest BCUT2D eigenvalue weighted by Crippen LogP contribution is -2.57. The number of nitrogens with zero attached hydrogens (tertiary/aromatic N) is 3. The minimum atomic E-state index is 0.301. The van der Waals surface area contributed by atoms with Crippen molar-refractivity contribution in [2.45, 2.75) is 25.6 Å². The molecule has 2 aliphatic rings. The van der Waals surface area contributed by atoms with E-state index < -0.39 is 0 Å². The Kier molecular flexibility index (Phi) is 4.93. The maximum atomic E-state index is 6.34. The van der Waals surface area contributed by atoms with Crippen LogP contribution in [0.3, 0.4) is 0 Å². The molecule has 1 N–H and O–H groups in total.